The first kappa shape index (κ1) is 11.0. The van der Waals surface area contributed by atoms with Gasteiger partial charge in [0.25, 0.3) is 0 Å². The van der Waals surface area contributed by atoms with E-state index in [1.165, 1.54) is 19.4 Å². The largest absolute Gasteiger partial charge is 0.310 e. The van der Waals surface area contributed by atoms with Crippen molar-refractivity contribution in [3.8, 4) is 0 Å². The van der Waals surface area contributed by atoms with Crippen LogP contribution in [0.1, 0.15) is 54.4 Å². The highest BCUT2D eigenvalue weighted by atomic mass is 15.0. The minimum Gasteiger partial charge on any atom is -0.310 e. The van der Waals surface area contributed by atoms with Crippen molar-refractivity contribution in [2.24, 2.45) is 10.8 Å². The van der Waals surface area contributed by atoms with Crippen LogP contribution in [0.2, 0.25) is 0 Å². The lowest BCUT2D eigenvalue weighted by molar-refractivity contribution is 0.0394. The van der Waals surface area contributed by atoms with Gasteiger partial charge in [-0.15, -0.1) is 0 Å². The molecule has 0 saturated carbocycles. The van der Waals surface area contributed by atoms with E-state index in [1.807, 2.05) is 0 Å². The van der Waals surface area contributed by atoms with Gasteiger partial charge < -0.3 is 5.32 Å². The van der Waals surface area contributed by atoms with Gasteiger partial charge in [0.05, 0.1) is 0 Å². The Morgan fingerprint density at radius 3 is 1.54 bits per heavy atom. The molecule has 0 bridgehead atoms. The normalized spacial score (nSPS) is 23.5. The summed E-state index contributed by atoms with van der Waals surface area (Å²) in [5.74, 6) is 0. The van der Waals surface area contributed by atoms with Gasteiger partial charge in [0, 0.05) is 5.54 Å². The van der Waals surface area contributed by atoms with Crippen LogP contribution in [0.3, 0.4) is 0 Å². The van der Waals surface area contributed by atoms with Crippen LogP contribution in [0.15, 0.2) is 0 Å². The zero-order valence-electron chi connectivity index (χ0n) is 10.1. The fourth-order valence-electron chi connectivity index (χ4n) is 3.15. The molecule has 0 atom stereocenters. The minimum absolute atomic E-state index is 0.319. The summed E-state index contributed by atoms with van der Waals surface area (Å²) in [5.41, 5.74) is 1.02. The van der Waals surface area contributed by atoms with Crippen molar-refractivity contribution in [2.75, 3.05) is 6.54 Å². The molecule has 0 unspecified atom stereocenters. The van der Waals surface area contributed by atoms with Gasteiger partial charge in [0.15, 0.2) is 0 Å². The molecule has 0 aliphatic carbocycles. The highest BCUT2D eigenvalue weighted by Crippen LogP contribution is 2.48. The summed E-state index contributed by atoms with van der Waals surface area (Å²) < 4.78 is 0. The van der Waals surface area contributed by atoms with Gasteiger partial charge in [-0.2, -0.15) is 0 Å². The smallest absolute Gasteiger partial charge is 0.0278 e. The first-order chi connectivity index (χ1) is 5.71. The van der Waals surface area contributed by atoms with Crippen molar-refractivity contribution in [3.63, 3.8) is 0 Å². The highest BCUT2D eigenvalue weighted by Gasteiger charge is 2.51. The molecule has 0 spiro atoms. The van der Waals surface area contributed by atoms with Crippen molar-refractivity contribution in [2.45, 2.75) is 59.9 Å². The molecule has 1 rings (SSSR count). The zero-order valence-corrected chi connectivity index (χ0v) is 10.1. The molecular formula is C12H25N. The van der Waals surface area contributed by atoms with Crippen LogP contribution in [-0.2, 0) is 0 Å². The second-order valence-corrected chi connectivity index (χ2v) is 6.44. The summed E-state index contributed by atoms with van der Waals surface area (Å²) in [6.45, 7) is 15.3. The van der Waals surface area contributed by atoms with Gasteiger partial charge in [0.2, 0.25) is 0 Å². The van der Waals surface area contributed by atoms with E-state index in [9.17, 15) is 0 Å². The maximum atomic E-state index is 3.75. The average Bonchev–Trinajstić information content (AvgIpc) is 2.28. The SMILES string of the molecule is CC(C)(C)C1(C(C)(C)C)CCCN1. The molecule has 0 amide bonds. The number of hydrogen-bond acceptors (Lipinski definition) is 1. The highest BCUT2D eigenvalue weighted by molar-refractivity contribution is 5.08. The molecule has 0 aromatic rings. The van der Waals surface area contributed by atoms with Gasteiger partial charge in [-0.3, -0.25) is 0 Å². The van der Waals surface area contributed by atoms with Crippen LogP contribution >= 0.6 is 0 Å². The van der Waals surface area contributed by atoms with Crippen molar-refractivity contribution in [1.29, 1.82) is 0 Å². The predicted molar refractivity (Wildman–Crippen MR) is 58.9 cm³/mol. The molecule has 0 aromatic heterocycles. The first-order valence-corrected chi connectivity index (χ1v) is 5.46. The van der Waals surface area contributed by atoms with Gasteiger partial charge in [-0.25, -0.2) is 0 Å². The molecule has 13 heavy (non-hydrogen) atoms. The lowest BCUT2D eigenvalue weighted by atomic mass is 9.59. The minimum atomic E-state index is 0.319. The zero-order chi connectivity index (χ0) is 10.3. The average molecular weight is 183 g/mol. The molecule has 1 N–H and O–H groups in total. The Labute approximate surface area is 83.3 Å². The molecule has 78 valence electrons. The van der Waals surface area contributed by atoms with E-state index >= 15 is 0 Å². The number of rotatable bonds is 0. The monoisotopic (exact) mass is 183 g/mol. The second kappa shape index (κ2) is 2.98. The summed E-state index contributed by atoms with van der Waals surface area (Å²) in [6.07, 6.45) is 2.65. The first-order valence-electron chi connectivity index (χ1n) is 5.46. The Kier molecular flexibility index (Phi) is 2.53. The summed E-state index contributed by atoms with van der Waals surface area (Å²) in [6, 6.07) is 0. The van der Waals surface area contributed by atoms with Gasteiger partial charge in [-0.05, 0) is 30.2 Å². The van der Waals surface area contributed by atoms with Crippen LogP contribution in [0.4, 0.5) is 0 Å². The maximum absolute atomic E-state index is 3.75. The van der Waals surface area contributed by atoms with Crippen molar-refractivity contribution in [3.05, 3.63) is 0 Å². The maximum Gasteiger partial charge on any atom is 0.0278 e. The third-order valence-corrected chi connectivity index (χ3v) is 3.72. The molecule has 1 aliphatic rings. The molecule has 1 nitrogen and oxygen atoms in total. The Bertz CT molecular complexity index is 158. The van der Waals surface area contributed by atoms with Crippen LogP contribution in [0, 0.1) is 10.8 Å². The van der Waals surface area contributed by atoms with E-state index in [0.29, 0.717) is 16.4 Å². The summed E-state index contributed by atoms with van der Waals surface area (Å²) >= 11 is 0. The Morgan fingerprint density at radius 1 is 0.923 bits per heavy atom. The van der Waals surface area contributed by atoms with Crippen molar-refractivity contribution < 1.29 is 0 Å². The summed E-state index contributed by atoms with van der Waals surface area (Å²) in [5, 5.41) is 3.75. The second-order valence-electron chi connectivity index (χ2n) is 6.44. The van der Waals surface area contributed by atoms with E-state index in [-0.39, 0.29) is 0 Å². The van der Waals surface area contributed by atoms with E-state index in [0.717, 1.165) is 0 Å². The van der Waals surface area contributed by atoms with Crippen molar-refractivity contribution in [1.82, 2.24) is 5.32 Å². The molecular weight excluding hydrogens is 158 g/mol. The van der Waals surface area contributed by atoms with Gasteiger partial charge >= 0.3 is 0 Å². The predicted octanol–water partition coefficient (Wildman–Crippen LogP) is 3.20. The van der Waals surface area contributed by atoms with Gasteiger partial charge in [0.1, 0.15) is 0 Å². The summed E-state index contributed by atoms with van der Waals surface area (Å²) in [7, 11) is 0. The van der Waals surface area contributed by atoms with E-state index in [2.05, 4.69) is 46.9 Å². The Balaban J connectivity index is 3.02. The van der Waals surface area contributed by atoms with Crippen LogP contribution in [0.5, 0.6) is 0 Å². The number of nitrogens with one attached hydrogen (secondary N) is 1. The quantitative estimate of drug-likeness (QED) is 0.608. The van der Waals surface area contributed by atoms with E-state index < -0.39 is 0 Å². The van der Waals surface area contributed by atoms with E-state index in [4.69, 9.17) is 0 Å². The molecule has 1 heteroatoms. The molecule has 1 heterocycles. The van der Waals surface area contributed by atoms with Gasteiger partial charge in [-0.1, -0.05) is 41.5 Å². The lowest BCUT2D eigenvalue weighted by Crippen LogP contribution is -2.59. The lowest BCUT2D eigenvalue weighted by Gasteiger charge is -2.51. The molecule has 1 aliphatic heterocycles. The van der Waals surface area contributed by atoms with Crippen LogP contribution in [0.25, 0.3) is 0 Å². The fourth-order valence-corrected chi connectivity index (χ4v) is 3.15. The third-order valence-electron chi connectivity index (χ3n) is 3.72. The van der Waals surface area contributed by atoms with Crippen LogP contribution in [-0.4, -0.2) is 12.1 Å². The Morgan fingerprint density at radius 2 is 1.38 bits per heavy atom. The molecule has 0 radical (unpaired) electrons. The van der Waals surface area contributed by atoms with Crippen molar-refractivity contribution >= 4 is 0 Å². The Hall–Kier alpha value is -0.0400. The number of hydrogen-bond donors (Lipinski definition) is 1. The fraction of sp³-hybridized carbons (Fsp3) is 1.00. The molecule has 1 fully saturated rings. The standard InChI is InChI=1S/C12H25N/c1-10(2,3)12(11(4,5)6)8-7-9-13-12/h13H,7-9H2,1-6H3. The molecule has 1 saturated heterocycles. The summed E-state index contributed by atoms with van der Waals surface area (Å²) in [4.78, 5) is 0. The van der Waals surface area contributed by atoms with E-state index in [1.54, 1.807) is 0 Å². The third kappa shape index (κ3) is 1.63. The molecule has 0 aromatic carbocycles. The topological polar surface area (TPSA) is 12.0 Å². The van der Waals surface area contributed by atoms with Crippen LogP contribution < -0.4 is 5.32 Å².